The normalized spacial score (nSPS) is 27.4. The minimum atomic E-state index is -0.848. The van der Waals surface area contributed by atoms with Gasteiger partial charge in [0.15, 0.2) is 11.6 Å². The van der Waals surface area contributed by atoms with Gasteiger partial charge in [-0.25, -0.2) is 4.39 Å². The average Bonchev–Trinajstić information content (AvgIpc) is 2.97. The second-order valence-electron chi connectivity index (χ2n) is 12.7. The Morgan fingerprint density at radius 3 is 2.31 bits per heavy atom. The zero-order chi connectivity index (χ0) is 27.2. The Balaban J connectivity index is 1.02. The maximum absolute atomic E-state index is 14.5. The molecule has 0 spiro atoms. The summed E-state index contributed by atoms with van der Waals surface area (Å²) in [5.74, 6) is 1.63. The van der Waals surface area contributed by atoms with Crippen LogP contribution in [0.3, 0.4) is 0 Å². The summed E-state index contributed by atoms with van der Waals surface area (Å²) >= 11 is 0. The Morgan fingerprint density at radius 1 is 0.795 bits per heavy atom. The molecule has 2 aromatic rings. The molecule has 212 valence electrons. The maximum atomic E-state index is 14.5. The Hall–Kier alpha value is -2.16. The van der Waals surface area contributed by atoms with E-state index in [0.717, 1.165) is 49.9 Å². The van der Waals surface area contributed by atoms with Gasteiger partial charge in [-0.1, -0.05) is 56.2 Å². The first-order valence-corrected chi connectivity index (χ1v) is 15.9. The van der Waals surface area contributed by atoms with E-state index < -0.39 is 11.6 Å². The fourth-order valence-electron chi connectivity index (χ4n) is 7.81. The third-order valence-corrected chi connectivity index (χ3v) is 10.2. The van der Waals surface area contributed by atoms with E-state index in [1.807, 2.05) is 0 Å². The van der Waals surface area contributed by atoms with Crippen LogP contribution in [0.1, 0.15) is 124 Å². The highest BCUT2D eigenvalue weighted by Crippen LogP contribution is 2.41. The molecular formula is C36H48F2O. The van der Waals surface area contributed by atoms with E-state index in [1.54, 1.807) is 28.8 Å². The van der Waals surface area contributed by atoms with E-state index in [1.165, 1.54) is 71.3 Å². The van der Waals surface area contributed by atoms with Crippen LogP contribution in [-0.2, 0) is 12.8 Å². The molecule has 3 heteroatoms. The van der Waals surface area contributed by atoms with Crippen molar-refractivity contribution in [3.05, 3.63) is 76.4 Å². The van der Waals surface area contributed by atoms with Gasteiger partial charge in [-0.15, -0.1) is 0 Å². The number of hydrogen-bond donors (Lipinski definition) is 0. The predicted molar refractivity (Wildman–Crippen MR) is 158 cm³/mol. The molecule has 0 aliphatic heterocycles. The number of benzene rings is 2. The number of aryl methyl sites for hydroxylation is 1. The van der Waals surface area contributed by atoms with Gasteiger partial charge in [-0.2, -0.15) is 4.39 Å². The van der Waals surface area contributed by atoms with Gasteiger partial charge in [0.2, 0.25) is 5.82 Å². The van der Waals surface area contributed by atoms with Crippen LogP contribution in [-0.4, -0.2) is 7.11 Å². The van der Waals surface area contributed by atoms with Gasteiger partial charge >= 0.3 is 0 Å². The second kappa shape index (κ2) is 13.5. The Labute approximate surface area is 235 Å². The van der Waals surface area contributed by atoms with E-state index in [4.69, 9.17) is 4.74 Å². The quantitative estimate of drug-likeness (QED) is 0.291. The Bertz CT molecular complexity index is 1110. The maximum Gasteiger partial charge on any atom is 0.200 e. The summed E-state index contributed by atoms with van der Waals surface area (Å²) in [6.07, 6.45) is 23.3. The molecule has 0 aromatic heterocycles. The van der Waals surface area contributed by atoms with Crippen molar-refractivity contribution in [1.82, 2.24) is 0 Å². The van der Waals surface area contributed by atoms with Gasteiger partial charge in [-0.3, -0.25) is 0 Å². The fraction of sp³-hybridized carbons (Fsp3) is 0.611. The first kappa shape index (κ1) is 28.4. The smallest absolute Gasteiger partial charge is 0.200 e. The Kier molecular flexibility index (Phi) is 9.80. The molecule has 2 saturated carbocycles. The van der Waals surface area contributed by atoms with Gasteiger partial charge in [0, 0.05) is 0 Å². The highest BCUT2D eigenvalue weighted by atomic mass is 19.2. The monoisotopic (exact) mass is 534 g/mol. The standard InChI is InChI=1S/C36H48F2O/c1-3-6-27-13-18-32-24-31(20-19-30(32)23-27)28-14-9-25(10-15-28)7-4-5-8-26-11-16-29(17-12-26)33-21-22-34(39-2)36(38)35(33)37/h4,7,19-22,24-29H,3,5-6,8-18,23H2,1-2H3/b7-4+. The predicted octanol–water partition coefficient (Wildman–Crippen LogP) is 10.5. The molecule has 0 N–H and O–H groups in total. The molecule has 0 amide bonds. The molecule has 1 atom stereocenters. The number of halogens is 2. The van der Waals surface area contributed by atoms with Crippen LogP contribution in [0.15, 0.2) is 42.5 Å². The van der Waals surface area contributed by atoms with E-state index in [0.29, 0.717) is 11.5 Å². The second-order valence-corrected chi connectivity index (χ2v) is 12.7. The fourth-order valence-corrected chi connectivity index (χ4v) is 7.81. The van der Waals surface area contributed by atoms with Crippen molar-refractivity contribution >= 4 is 0 Å². The van der Waals surface area contributed by atoms with Gasteiger partial charge in [0.25, 0.3) is 0 Å². The molecule has 2 aromatic carbocycles. The molecular weight excluding hydrogens is 486 g/mol. The molecule has 1 unspecified atom stereocenters. The lowest BCUT2D eigenvalue weighted by Gasteiger charge is -2.30. The lowest BCUT2D eigenvalue weighted by atomic mass is 9.75. The van der Waals surface area contributed by atoms with Crippen LogP contribution in [0.25, 0.3) is 0 Å². The van der Waals surface area contributed by atoms with E-state index in [9.17, 15) is 8.78 Å². The van der Waals surface area contributed by atoms with Crippen molar-refractivity contribution < 1.29 is 13.5 Å². The topological polar surface area (TPSA) is 9.23 Å². The van der Waals surface area contributed by atoms with Crippen LogP contribution in [0.5, 0.6) is 5.75 Å². The van der Waals surface area contributed by atoms with E-state index >= 15 is 0 Å². The number of ether oxygens (including phenoxy) is 1. The molecule has 0 saturated heterocycles. The largest absolute Gasteiger partial charge is 0.494 e. The average molecular weight is 535 g/mol. The van der Waals surface area contributed by atoms with Crippen molar-refractivity contribution in [2.24, 2.45) is 17.8 Å². The zero-order valence-electron chi connectivity index (χ0n) is 24.2. The third-order valence-electron chi connectivity index (χ3n) is 10.2. The summed E-state index contributed by atoms with van der Waals surface area (Å²) in [6, 6.07) is 10.7. The van der Waals surface area contributed by atoms with Crippen molar-refractivity contribution in [3.63, 3.8) is 0 Å². The summed E-state index contributed by atoms with van der Waals surface area (Å²) in [5, 5.41) is 0. The zero-order valence-corrected chi connectivity index (χ0v) is 24.2. The lowest BCUT2D eigenvalue weighted by Crippen LogP contribution is -2.16. The first-order valence-electron chi connectivity index (χ1n) is 15.9. The molecule has 0 bridgehead atoms. The molecule has 0 heterocycles. The number of fused-ring (bicyclic) bond motifs is 1. The summed E-state index contributed by atoms with van der Waals surface area (Å²) in [7, 11) is 1.38. The van der Waals surface area contributed by atoms with Crippen molar-refractivity contribution in [2.45, 2.75) is 115 Å². The molecule has 39 heavy (non-hydrogen) atoms. The summed E-state index contributed by atoms with van der Waals surface area (Å²) in [6.45, 7) is 2.31. The first-order chi connectivity index (χ1) is 19.1. The van der Waals surface area contributed by atoms with Gasteiger partial charge in [0.05, 0.1) is 7.11 Å². The van der Waals surface area contributed by atoms with Crippen LogP contribution in [0, 0.1) is 29.4 Å². The molecule has 1 nitrogen and oxygen atoms in total. The molecule has 3 aliphatic carbocycles. The summed E-state index contributed by atoms with van der Waals surface area (Å²) < 4.78 is 33.6. The number of rotatable bonds is 9. The summed E-state index contributed by atoms with van der Waals surface area (Å²) in [4.78, 5) is 0. The van der Waals surface area contributed by atoms with Gasteiger partial charge < -0.3 is 4.74 Å². The molecule has 0 radical (unpaired) electrons. The van der Waals surface area contributed by atoms with Crippen LogP contribution < -0.4 is 4.74 Å². The number of allylic oxidation sites excluding steroid dienone is 2. The van der Waals surface area contributed by atoms with Crippen molar-refractivity contribution in [1.29, 1.82) is 0 Å². The Morgan fingerprint density at radius 2 is 1.56 bits per heavy atom. The minimum Gasteiger partial charge on any atom is -0.494 e. The van der Waals surface area contributed by atoms with Crippen molar-refractivity contribution in [2.75, 3.05) is 7.11 Å². The van der Waals surface area contributed by atoms with Crippen LogP contribution >= 0.6 is 0 Å². The van der Waals surface area contributed by atoms with Crippen LogP contribution in [0.4, 0.5) is 8.78 Å². The highest BCUT2D eigenvalue weighted by Gasteiger charge is 2.27. The lowest BCUT2D eigenvalue weighted by molar-refractivity contribution is 0.304. The van der Waals surface area contributed by atoms with E-state index in [-0.39, 0.29) is 11.7 Å². The number of methoxy groups -OCH3 is 1. The summed E-state index contributed by atoms with van der Waals surface area (Å²) in [5.41, 5.74) is 5.38. The van der Waals surface area contributed by atoms with Crippen molar-refractivity contribution in [3.8, 4) is 5.75 Å². The molecule has 2 fully saturated rings. The van der Waals surface area contributed by atoms with E-state index in [2.05, 4.69) is 37.3 Å². The van der Waals surface area contributed by atoms with Gasteiger partial charge in [-0.05, 0) is 141 Å². The van der Waals surface area contributed by atoms with Crippen LogP contribution in [0.2, 0.25) is 0 Å². The highest BCUT2D eigenvalue weighted by molar-refractivity contribution is 5.36. The molecule has 5 rings (SSSR count). The van der Waals surface area contributed by atoms with Gasteiger partial charge in [0.1, 0.15) is 0 Å². The third kappa shape index (κ3) is 6.95. The minimum absolute atomic E-state index is 0.00994. The SMILES string of the molecule is CCCC1CCc2cc(C3CCC(/C=C/CCC4CCC(c5ccc(OC)c(F)c5F)CC4)CC3)ccc2C1. The molecule has 3 aliphatic rings. The number of hydrogen-bond acceptors (Lipinski definition) is 1.